The highest BCUT2D eigenvalue weighted by Crippen LogP contribution is 2.27. The van der Waals surface area contributed by atoms with Gasteiger partial charge in [-0.2, -0.15) is 0 Å². The Labute approximate surface area is 121 Å². The lowest BCUT2D eigenvalue weighted by Crippen LogP contribution is -2.32. The number of hydrogen-bond donors (Lipinski definition) is 2. The Morgan fingerprint density at radius 3 is 2.86 bits per heavy atom. The van der Waals surface area contributed by atoms with Gasteiger partial charge in [0.1, 0.15) is 11.6 Å². The zero-order chi connectivity index (χ0) is 14.8. The van der Waals surface area contributed by atoms with Crippen molar-refractivity contribution >= 4 is 17.3 Å². The number of halogens is 1. The predicted molar refractivity (Wildman–Crippen MR) is 78.6 cm³/mol. The fourth-order valence-corrected chi connectivity index (χ4v) is 2.38. The highest BCUT2D eigenvalue weighted by molar-refractivity contribution is 5.95. The fraction of sp³-hybridized carbons (Fsp3) is 0.188. The van der Waals surface area contributed by atoms with Crippen LogP contribution in [0, 0.1) is 5.82 Å². The number of para-hydroxylation sites is 1. The highest BCUT2D eigenvalue weighted by Gasteiger charge is 2.25. The van der Waals surface area contributed by atoms with E-state index in [1.54, 1.807) is 0 Å². The minimum atomic E-state index is -0.648. The molecule has 108 valence electrons. The van der Waals surface area contributed by atoms with Crippen LogP contribution in [0.2, 0.25) is 0 Å². The van der Waals surface area contributed by atoms with Crippen LogP contribution < -0.4 is 15.8 Å². The molecule has 2 aromatic carbocycles. The topological polar surface area (TPSA) is 64.3 Å². The lowest BCUT2D eigenvalue weighted by molar-refractivity contribution is -0.122. The monoisotopic (exact) mass is 286 g/mol. The summed E-state index contributed by atoms with van der Waals surface area (Å²) in [7, 11) is 0. The number of benzene rings is 2. The number of hydrogen-bond acceptors (Lipinski definition) is 3. The first-order chi connectivity index (χ1) is 10.1. The molecule has 1 unspecified atom stereocenters. The SMILES string of the molecule is Nc1cc(F)ccc1OC1CCc2ccccc2NC1=O. The number of carbonyl (C=O) groups excluding carboxylic acids is 1. The Kier molecular flexibility index (Phi) is 3.48. The van der Waals surface area contributed by atoms with E-state index in [1.807, 2.05) is 24.3 Å². The number of anilines is 2. The molecular weight excluding hydrogens is 271 g/mol. The molecule has 1 atom stereocenters. The number of carbonyl (C=O) groups is 1. The third-order valence-corrected chi connectivity index (χ3v) is 3.48. The van der Waals surface area contributed by atoms with Gasteiger partial charge < -0.3 is 15.8 Å². The molecule has 0 spiro atoms. The smallest absolute Gasteiger partial charge is 0.265 e. The number of nitrogens with one attached hydrogen (secondary N) is 1. The number of amides is 1. The van der Waals surface area contributed by atoms with Gasteiger partial charge in [-0.15, -0.1) is 0 Å². The van der Waals surface area contributed by atoms with E-state index in [2.05, 4.69) is 5.32 Å². The minimum absolute atomic E-state index is 0.185. The molecule has 21 heavy (non-hydrogen) atoms. The lowest BCUT2D eigenvalue weighted by atomic mass is 10.1. The van der Waals surface area contributed by atoms with Gasteiger partial charge in [-0.3, -0.25) is 4.79 Å². The molecule has 3 rings (SSSR count). The molecular formula is C16H15FN2O2. The molecule has 1 aliphatic rings. The summed E-state index contributed by atoms with van der Waals surface area (Å²) in [4.78, 5) is 12.2. The Hall–Kier alpha value is -2.56. The van der Waals surface area contributed by atoms with Gasteiger partial charge in [0.2, 0.25) is 0 Å². The van der Waals surface area contributed by atoms with Crippen LogP contribution in [0.3, 0.4) is 0 Å². The molecule has 0 aliphatic carbocycles. The van der Waals surface area contributed by atoms with Gasteiger partial charge >= 0.3 is 0 Å². The second-order valence-electron chi connectivity index (χ2n) is 4.97. The summed E-state index contributed by atoms with van der Waals surface area (Å²) in [6, 6.07) is 11.5. The summed E-state index contributed by atoms with van der Waals surface area (Å²) in [5, 5.41) is 2.84. The maximum absolute atomic E-state index is 13.0. The molecule has 5 heteroatoms. The van der Waals surface area contributed by atoms with Gasteiger partial charge in [0.05, 0.1) is 5.69 Å². The van der Waals surface area contributed by atoms with Crippen molar-refractivity contribution in [3.63, 3.8) is 0 Å². The van der Waals surface area contributed by atoms with Crippen LogP contribution in [0.15, 0.2) is 42.5 Å². The molecule has 0 saturated carbocycles. The number of aryl methyl sites for hydroxylation is 1. The predicted octanol–water partition coefficient (Wildman–Crippen LogP) is 2.74. The van der Waals surface area contributed by atoms with Crippen molar-refractivity contribution in [1.82, 2.24) is 0 Å². The van der Waals surface area contributed by atoms with Crippen LogP contribution in [0.1, 0.15) is 12.0 Å². The zero-order valence-corrected chi connectivity index (χ0v) is 11.3. The number of rotatable bonds is 2. The zero-order valence-electron chi connectivity index (χ0n) is 11.3. The van der Waals surface area contributed by atoms with Crippen molar-refractivity contribution in [3.8, 4) is 5.75 Å². The van der Waals surface area contributed by atoms with Crippen molar-refractivity contribution in [1.29, 1.82) is 0 Å². The summed E-state index contributed by atoms with van der Waals surface area (Å²) >= 11 is 0. The van der Waals surface area contributed by atoms with Gasteiger partial charge in [-0.1, -0.05) is 18.2 Å². The second kappa shape index (κ2) is 5.44. The molecule has 0 aromatic heterocycles. The molecule has 4 nitrogen and oxygen atoms in total. The van der Waals surface area contributed by atoms with E-state index >= 15 is 0 Å². The number of fused-ring (bicyclic) bond motifs is 1. The van der Waals surface area contributed by atoms with E-state index in [1.165, 1.54) is 18.2 Å². The quantitative estimate of drug-likeness (QED) is 0.834. The first-order valence-corrected chi connectivity index (χ1v) is 6.74. The molecule has 1 aliphatic heterocycles. The van der Waals surface area contributed by atoms with Crippen molar-refractivity contribution in [2.24, 2.45) is 0 Å². The van der Waals surface area contributed by atoms with E-state index < -0.39 is 11.9 Å². The van der Waals surface area contributed by atoms with E-state index in [0.29, 0.717) is 12.2 Å². The van der Waals surface area contributed by atoms with Crippen LogP contribution in [0.4, 0.5) is 15.8 Å². The van der Waals surface area contributed by atoms with Gasteiger partial charge in [0.15, 0.2) is 6.10 Å². The van der Waals surface area contributed by atoms with Crippen LogP contribution in [-0.4, -0.2) is 12.0 Å². The molecule has 3 N–H and O–H groups in total. The molecule has 2 aromatic rings. The maximum atomic E-state index is 13.0. The van der Waals surface area contributed by atoms with E-state index in [-0.39, 0.29) is 11.6 Å². The number of ether oxygens (including phenoxy) is 1. The third kappa shape index (κ3) is 2.81. The van der Waals surface area contributed by atoms with Crippen LogP contribution in [0.5, 0.6) is 5.75 Å². The Morgan fingerprint density at radius 1 is 1.24 bits per heavy atom. The summed E-state index contributed by atoms with van der Waals surface area (Å²) in [6.45, 7) is 0. The molecule has 0 fully saturated rings. The average Bonchev–Trinajstić information content (AvgIpc) is 2.61. The van der Waals surface area contributed by atoms with Gasteiger partial charge in [-0.25, -0.2) is 4.39 Å². The fourth-order valence-electron chi connectivity index (χ4n) is 2.38. The van der Waals surface area contributed by atoms with Gasteiger partial charge in [0, 0.05) is 11.8 Å². The molecule has 0 saturated heterocycles. The summed E-state index contributed by atoms with van der Waals surface area (Å²) in [6.07, 6.45) is 0.616. The summed E-state index contributed by atoms with van der Waals surface area (Å²) < 4.78 is 18.7. The third-order valence-electron chi connectivity index (χ3n) is 3.48. The lowest BCUT2D eigenvalue weighted by Gasteiger charge is -2.17. The Morgan fingerprint density at radius 2 is 2.05 bits per heavy atom. The van der Waals surface area contributed by atoms with Crippen LogP contribution >= 0.6 is 0 Å². The highest BCUT2D eigenvalue weighted by atomic mass is 19.1. The number of nitrogens with two attached hydrogens (primary N) is 1. The van der Waals surface area contributed by atoms with Gasteiger partial charge in [0.25, 0.3) is 5.91 Å². The van der Waals surface area contributed by atoms with Crippen molar-refractivity contribution in [3.05, 3.63) is 53.8 Å². The summed E-state index contributed by atoms with van der Waals surface area (Å²) in [5.41, 5.74) is 7.77. The normalized spacial score (nSPS) is 17.6. The van der Waals surface area contributed by atoms with E-state index in [0.717, 1.165) is 17.7 Å². The Bertz CT molecular complexity index is 688. The molecule has 0 radical (unpaired) electrons. The molecule has 1 amide bonds. The first kappa shape index (κ1) is 13.4. The molecule has 1 heterocycles. The minimum Gasteiger partial charge on any atom is -0.478 e. The van der Waals surface area contributed by atoms with Gasteiger partial charge in [-0.05, 0) is 36.6 Å². The standard InChI is InChI=1S/C16H15FN2O2/c17-11-6-8-14(12(18)9-11)21-15-7-5-10-3-1-2-4-13(10)19-16(15)20/h1-4,6,8-9,15H,5,7,18H2,(H,19,20). The van der Waals surface area contributed by atoms with E-state index in [9.17, 15) is 9.18 Å². The molecule has 0 bridgehead atoms. The Balaban J connectivity index is 1.80. The van der Waals surface area contributed by atoms with Crippen LogP contribution in [-0.2, 0) is 11.2 Å². The van der Waals surface area contributed by atoms with Crippen molar-refractivity contribution in [2.75, 3.05) is 11.1 Å². The summed E-state index contributed by atoms with van der Waals surface area (Å²) in [5.74, 6) is -0.330. The van der Waals surface area contributed by atoms with Crippen molar-refractivity contribution in [2.45, 2.75) is 18.9 Å². The average molecular weight is 286 g/mol. The van der Waals surface area contributed by atoms with E-state index in [4.69, 9.17) is 10.5 Å². The largest absolute Gasteiger partial charge is 0.478 e. The first-order valence-electron chi connectivity index (χ1n) is 6.74. The maximum Gasteiger partial charge on any atom is 0.265 e. The second-order valence-corrected chi connectivity index (χ2v) is 4.97. The van der Waals surface area contributed by atoms with Crippen LogP contribution in [0.25, 0.3) is 0 Å². The van der Waals surface area contributed by atoms with Crippen molar-refractivity contribution < 1.29 is 13.9 Å². The number of nitrogen functional groups attached to an aromatic ring is 1.